The number of halogens is 2. The average Bonchev–Trinajstić information content (AvgIpc) is 2.83. The minimum atomic E-state index is -0.653. The first-order valence-electron chi connectivity index (χ1n) is 10.8. The zero-order chi connectivity index (χ0) is 24.1. The summed E-state index contributed by atoms with van der Waals surface area (Å²) in [4.78, 5) is 32.3. The van der Waals surface area contributed by atoms with Crippen LogP contribution in [0.15, 0.2) is 77.8 Å². The fourth-order valence-corrected chi connectivity index (χ4v) is 4.77. The third-order valence-corrected chi connectivity index (χ3v) is 6.98. The first-order chi connectivity index (χ1) is 16.4. The van der Waals surface area contributed by atoms with Gasteiger partial charge in [-0.25, -0.2) is 9.38 Å². The highest BCUT2D eigenvalue weighted by atomic mass is 35.5. The predicted molar refractivity (Wildman–Crippen MR) is 136 cm³/mol. The van der Waals surface area contributed by atoms with Gasteiger partial charge in [-0.2, -0.15) is 0 Å². The molecule has 3 aromatic carbocycles. The molecule has 34 heavy (non-hydrogen) atoms. The highest BCUT2D eigenvalue weighted by Crippen LogP contribution is 2.30. The van der Waals surface area contributed by atoms with Crippen molar-refractivity contribution in [2.75, 3.05) is 11.9 Å². The molecule has 3 aromatic rings. The van der Waals surface area contributed by atoms with Gasteiger partial charge >= 0.3 is 0 Å². The molecule has 1 unspecified atom stereocenters. The molecule has 0 saturated carbocycles. The van der Waals surface area contributed by atoms with E-state index in [1.807, 2.05) is 43.3 Å². The molecular weight excluding hydrogens is 473 g/mol. The summed E-state index contributed by atoms with van der Waals surface area (Å²) in [6.07, 6.45) is 0.696. The van der Waals surface area contributed by atoms with Crippen molar-refractivity contribution in [3.63, 3.8) is 0 Å². The topological polar surface area (TPSA) is 61.8 Å². The minimum absolute atomic E-state index is 0.0489. The summed E-state index contributed by atoms with van der Waals surface area (Å²) < 4.78 is 13.4. The molecule has 174 valence electrons. The number of aliphatic imine (C=N–C) groups is 1. The van der Waals surface area contributed by atoms with Crippen molar-refractivity contribution in [1.82, 2.24) is 4.90 Å². The molecule has 1 atom stereocenters. The van der Waals surface area contributed by atoms with Crippen LogP contribution >= 0.6 is 23.4 Å². The van der Waals surface area contributed by atoms with Gasteiger partial charge in [-0.15, -0.1) is 0 Å². The Morgan fingerprint density at radius 3 is 2.59 bits per heavy atom. The van der Waals surface area contributed by atoms with Crippen molar-refractivity contribution in [2.24, 2.45) is 4.99 Å². The van der Waals surface area contributed by atoms with E-state index in [0.29, 0.717) is 34.5 Å². The second-order valence-corrected chi connectivity index (χ2v) is 9.49. The van der Waals surface area contributed by atoms with Crippen molar-refractivity contribution in [1.29, 1.82) is 0 Å². The van der Waals surface area contributed by atoms with Gasteiger partial charge in [0.25, 0.3) is 0 Å². The maximum absolute atomic E-state index is 13.4. The number of nitrogens with one attached hydrogen (secondary N) is 1. The standard InChI is InChI=1S/C26H23ClFN3O2S/c1-17-7-10-21(15-22(17)27)29-25(33)23-16-24(32)31(14-13-18-5-3-2-4-6-18)26(34-23)30-20-11-8-19(28)9-12-20/h2-12,15,23H,13-14,16H2,1H3,(H,29,33). The van der Waals surface area contributed by atoms with E-state index in [1.165, 1.54) is 23.9 Å². The number of hydrogen-bond donors (Lipinski definition) is 1. The molecule has 1 aliphatic heterocycles. The van der Waals surface area contributed by atoms with Gasteiger partial charge in [0.2, 0.25) is 11.8 Å². The number of thioether (sulfide) groups is 1. The Balaban J connectivity index is 1.55. The Bertz CT molecular complexity index is 1220. The third-order valence-electron chi connectivity index (χ3n) is 5.39. The Morgan fingerprint density at radius 1 is 1.15 bits per heavy atom. The summed E-state index contributed by atoms with van der Waals surface area (Å²) >= 11 is 7.40. The maximum Gasteiger partial charge on any atom is 0.238 e. The van der Waals surface area contributed by atoms with Gasteiger partial charge in [-0.3, -0.25) is 14.5 Å². The van der Waals surface area contributed by atoms with Crippen molar-refractivity contribution >= 4 is 51.7 Å². The molecule has 0 bridgehead atoms. The Morgan fingerprint density at radius 2 is 1.88 bits per heavy atom. The Labute approximate surface area is 207 Å². The van der Waals surface area contributed by atoms with Crippen LogP contribution in [-0.4, -0.2) is 33.7 Å². The van der Waals surface area contributed by atoms with E-state index in [-0.39, 0.29) is 24.1 Å². The number of rotatable bonds is 6. The zero-order valence-corrected chi connectivity index (χ0v) is 20.1. The highest BCUT2D eigenvalue weighted by molar-refractivity contribution is 8.15. The summed E-state index contributed by atoms with van der Waals surface area (Å²) in [5, 5.41) is 3.16. The van der Waals surface area contributed by atoms with Crippen molar-refractivity contribution < 1.29 is 14.0 Å². The lowest BCUT2D eigenvalue weighted by Gasteiger charge is -2.32. The first kappa shape index (κ1) is 24.0. The van der Waals surface area contributed by atoms with E-state index < -0.39 is 5.25 Å². The van der Waals surface area contributed by atoms with Crippen LogP contribution in [0.2, 0.25) is 5.02 Å². The van der Waals surface area contributed by atoms with Crippen LogP contribution in [0.25, 0.3) is 0 Å². The second-order valence-electron chi connectivity index (χ2n) is 7.92. The van der Waals surface area contributed by atoms with Crippen LogP contribution in [0.3, 0.4) is 0 Å². The smallest absolute Gasteiger partial charge is 0.238 e. The van der Waals surface area contributed by atoms with Crippen LogP contribution < -0.4 is 5.32 Å². The van der Waals surface area contributed by atoms with E-state index in [9.17, 15) is 14.0 Å². The lowest BCUT2D eigenvalue weighted by atomic mass is 10.1. The summed E-state index contributed by atoms with van der Waals surface area (Å²) in [6.45, 7) is 2.31. The Kier molecular flexibility index (Phi) is 7.65. The molecule has 0 aromatic heterocycles. The summed E-state index contributed by atoms with van der Waals surface area (Å²) in [5.74, 6) is -0.850. The maximum atomic E-state index is 13.4. The van der Waals surface area contributed by atoms with E-state index in [4.69, 9.17) is 11.6 Å². The van der Waals surface area contributed by atoms with Gasteiger partial charge < -0.3 is 5.32 Å². The van der Waals surface area contributed by atoms with E-state index in [0.717, 1.165) is 11.1 Å². The first-order valence-corrected chi connectivity index (χ1v) is 12.1. The minimum Gasteiger partial charge on any atom is -0.325 e. The molecule has 1 saturated heterocycles. The normalized spacial score (nSPS) is 17.1. The summed E-state index contributed by atoms with van der Waals surface area (Å²) in [6, 6.07) is 20.8. The fourth-order valence-electron chi connectivity index (χ4n) is 3.47. The number of carbonyl (C=O) groups excluding carboxylic acids is 2. The van der Waals surface area contributed by atoms with Crippen LogP contribution in [0.4, 0.5) is 15.8 Å². The molecule has 1 aliphatic rings. The van der Waals surface area contributed by atoms with Crippen molar-refractivity contribution in [2.45, 2.75) is 25.0 Å². The quantitative estimate of drug-likeness (QED) is 0.457. The van der Waals surface area contributed by atoms with Gasteiger partial charge in [-0.1, -0.05) is 59.8 Å². The van der Waals surface area contributed by atoms with Gasteiger partial charge in [0.15, 0.2) is 5.17 Å². The van der Waals surface area contributed by atoms with Crippen LogP contribution in [0, 0.1) is 12.7 Å². The molecule has 8 heteroatoms. The number of amides is 2. The average molecular weight is 496 g/mol. The molecule has 2 amide bonds. The molecule has 1 N–H and O–H groups in total. The van der Waals surface area contributed by atoms with Gasteiger partial charge in [0.1, 0.15) is 11.1 Å². The van der Waals surface area contributed by atoms with Crippen LogP contribution in [-0.2, 0) is 16.0 Å². The fraction of sp³-hybridized carbons (Fsp3) is 0.192. The van der Waals surface area contributed by atoms with Crippen molar-refractivity contribution in [3.8, 4) is 0 Å². The number of aryl methyl sites for hydroxylation is 1. The number of anilines is 1. The molecule has 4 rings (SSSR count). The largest absolute Gasteiger partial charge is 0.325 e. The predicted octanol–water partition coefficient (Wildman–Crippen LogP) is 5.99. The van der Waals surface area contributed by atoms with E-state index >= 15 is 0 Å². The van der Waals surface area contributed by atoms with Crippen LogP contribution in [0.5, 0.6) is 0 Å². The zero-order valence-electron chi connectivity index (χ0n) is 18.5. The molecule has 1 heterocycles. The molecule has 0 spiro atoms. The molecular formula is C26H23ClFN3O2S. The van der Waals surface area contributed by atoms with E-state index in [1.54, 1.807) is 29.2 Å². The number of amidine groups is 1. The molecule has 1 fully saturated rings. The van der Waals surface area contributed by atoms with Gasteiger partial charge in [-0.05, 0) is 60.9 Å². The second kappa shape index (κ2) is 10.8. The van der Waals surface area contributed by atoms with Crippen LogP contribution in [0.1, 0.15) is 17.5 Å². The number of benzene rings is 3. The number of hydrogen-bond acceptors (Lipinski definition) is 4. The molecule has 0 radical (unpaired) electrons. The number of carbonyl (C=O) groups is 2. The molecule has 5 nitrogen and oxygen atoms in total. The summed E-state index contributed by atoms with van der Waals surface area (Å²) in [7, 11) is 0. The Hall–Kier alpha value is -3.16. The number of nitrogens with zero attached hydrogens (tertiary/aromatic N) is 2. The monoisotopic (exact) mass is 495 g/mol. The SMILES string of the molecule is Cc1ccc(NC(=O)C2CC(=O)N(CCc3ccccc3)C(=Nc3ccc(F)cc3)S2)cc1Cl. The lowest BCUT2D eigenvalue weighted by Crippen LogP contribution is -2.46. The van der Waals surface area contributed by atoms with E-state index in [2.05, 4.69) is 10.3 Å². The van der Waals surface area contributed by atoms with Crippen molar-refractivity contribution in [3.05, 3.63) is 94.8 Å². The highest BCUT2D eigenvalue weighted by Gasteiger charge is 2.35. The van der Waals surface area contributed by atoms with Gasteiger partial charge in [0, 0.05) is 23.7 Å². The van der Waals surface area contributed by atoms with Gasteiger partial charge in [0.05, 0.1) is 5.69 Å². The lowest BCUT2D eigenvalue weighted by molar-refractivity contribution is -0.129. The summed E-state index contributed by atoms with van der Waals surface area (Å²) in [5.41, 5.74) is 3.08. The third kappa shape index (κ3) is 6.04. The molecule has 0 aliphatic carbocycles.